The second-order valence-electron chi connectivity index (χ2n) is 7.98. The van der Waals surface area contributed by atoms with Gasteiger partial charge in [0.15, 0.2) is 0 Å². The number of benzene rings is 3. The number of hydrogen-bond donors (Lipinski definition) is 1. The summed E-state index contributed by atoms with van der Waals surface area (Å²) in [4.78, 5) is 29.7. The van der Waals surface area contributed by atoms with Gasteiger partial charge in [-0.3, -0.25) is 18.9 Å². The molecule has 3 aromatic carbocycles. The lowest BCUT2D eigenvalue weighted by Crippen LogP contribution is -2.22. The van der Waals surface area contributed by atoms with E-state index in [4.69, 9.17) is 21.1 Å². The molecule has 9 heteroatoms. The van der Waals surface area contributed by atoms with Gasteiger partial charge in [-0.2, -0.15) is 0 Å². The lowest BCUT2D eigenvalue weighted by Gasteiger charge is -2.09. The highest BCUT2D eigenvalue weighted by atomic mass is 35.5. The highest BCUT2D eigenvalue weighted by Gasteiger charge is 2.17. The molecule has 0 aliphatic carbocycles. The number of fused-ring (bicyclic) bond motifs is 1. The molecule has 1 amide bonds. The molecule has 37 heavy (non-hydrogen) atoms. The quantitative estimate of drug-likeness (QED) is 0.280. The van der Waals surface area contributed by atoms with Crippen LogP contribution in [0.1, 0.15) is 0 Å². The molecule has 2 aromatic heterocycles. The van der Waals surface area contributed by atoms with E-state index in [9.17, 15) is 9.59 Å². The van der Waals surface area contributed by atoms with Gasteiger partial charge in [0, 0.05) is 23.0 Å². The van der Waals surface area contributed by atoms with Gasteiger partial charge in [0.2, 0.25) is 5.91 Å². The van der Waals surface area contributed by atoms with Crippen LogP contribution in [0.2, 0.25) is 5.02 Å². The second-order valence-corrected chi connectivity index (χ2v) is 8.42. The van der Waals surface area contributed by atoms with Crippen LogP contribution >= 0.6 is 11.6 Å². The molecule has 1 N–H and O–H groups in total. The van der Waals surface area contributed by atoms with E-state index in [1.54, 1.807) is 101 Å². The number of pyridine rings is 1. The highest BCUT2D eigenvalue weighted by Crippen LogP contribution is 2.30. The standard InChI is InChI=1S/C28H21ClN4O4/c1-3-27(34)31-19-5-4-6-21(15-19)33-25-11-12-30-17-26(25)32(28(33)35)20-7-9-22(10-8-20)37-24-14-18(29)13-23(16-24)36-2/h3-17H,1H2,2H3,(H,31,34). The van der Waals surface area contributed by atoms with Crippen molar-refractivity contribution in [3.8, 4) is 28.6 Å². The number of methoxy groups -OCH3 is 1. The predicted molar refractivity (Wildman–Crippen MR) is 144 cm³/mol. The Morgan fingerprint density at radius 3 is 2.46 bits per heavy atom. The van der Waals surface area contributed by atoms with Crippen LogP contribution in [0.3, 0.4) is 0 Å². The minimum atomic E-state index is -0.338. The first kappa shape index (κ1) is 23.9. The van der Waals surface area contributed by atoms with Crippen LogP contribution in [0.15, 0.2) is 103 Å². The van der Waals surface area contributed by atoms with Crippen molar-refractivity contribution in [2.45, 2.75) is 0 Å². The Labute approximate surface area is 217 Å². The van der Waals surface area contributed by atoms with Crippen molar-refractivity contribution in [2.24, 2.45) is 0 Å². The summed E-state index contributed by atoms with van der Waals surface area (Å²) < 4.78 is 14.3. The van der Waals surface area contributed by atoms with E-state index in [0.717, 1.165) is 0 Å². The van der Waals surface area contributed by atoms with Crippen LogP contribution in [-0.4, -0.2) is 27.1 Å². The number of carbonyl (C=O) groups excluding carboxylic acids is 1. The van der Waals surface area contributed by atoms with Gasteiger partial charge in [-0.05, 0) is 66.7 Å². The Balaban J connectivity index is 1.54. The average Bonchev–Trinajstić information content (AvgIpc) is 3.20. The number of hydrogen-bond acceptors (Lipinski definition) is 5. The summed E-state index contributed by atoms with van der Waals surface area (Å²) in [6.07, 6.45) is 4.45. The van der Waals surface area contributed by atoms with Gasteiger partial charge >= 0.3 is 5.69 Å². The Morgan fingerprint density at radius 2 is 1.70 bits per heavy atom. The van der Waals surface area contributed by atoms with Gasteiger partial charge in [-0.15, -0.1) is 0 Å². The number of nitrogens with zero attached hydrogens (tertiary/aromatic N) is 3. The number of nitrogens with one attached hydrogen (secondary N) is 1. The van der Waals surface area contributed by atoms with E-state index in [-0.39, 0.29) is 11.6 Å². The first-order valence-corrected chi connectivity index (χ1v) is 11.6. The fourth-order valence-electron chi connectivity index (χ4n) is 3.97. The average molecular weight is 513 g/mol. The number of halogens is 1. The fourth-order valence-corrected chi connectivity index (χ4v) is 4.19. The SMILES string of the molecule is C=CC(=O)Nc1cccc(-n2c(=O)n(-c3ccc(Oc4cc(Cl)cc(OC)c4)cc3)c3cnccc32)c1. The molecule has 0 aliphatic heterocycles. The Hall–Kier alpha value is -4.82. The molecule has 0 aliphatic rings. The summed E-state index contributed by atoms with van der Waals surface area (Å²) >= 11 is 6.14. The van der Waals surface area contributed by atoms with Crippen LogP contribution in [0, 0.1) is 0 Å². The first-order valence-electron chi connectivity index (χ1n) is 11.2. The number of aromatic nitrogens is 3. The molecule has 0 atom stereocenters. The smallest absolute Gasteiger partial charge is 0.338 e. The van der Waals surface area contributed by atoms with Gasteiger partial charge in [0.25, 0.3) is 0 Å². The number of amides is 1. The molecule has 0 saturated heterocycles. The molecule has 0 spiro atoms. The molecule has 0 radical (unpaired) electrons. The summed E-state index contributed by atoms with van der Waals surface area (Å²) in [7, 11) is 1.56. The molecule has 184 valence electrons. The summed E-state index contributed by atoms with van der Waals surface area (Å²) in [6, 6.07) is 21.0. The van der Waals surface area contributed by atoms with E-state index in [1.165, 1.54) is 6.08 Å². The van der Waals surface area contributed by atoms with Crippen molar-refractivity contribution < 1.29 is 14.3 Å². The third-order valence-corrected chi connectivity index (χ3v) is 5.83. The van der Waals surface area contributed by atoms with Crippen LogP contribution in [0.4, 0.5) is 5.69 Å². The van der Waals surface area contributed by atoms with Gasteiger partial charge in [-0.1, -0.05) is 24.2 Å². The molecule has 5 aromatic rings. The molecule has 0 unspecified atom stereocenters. The van der Waals surface area contributed by atoms with Gasteiger partial charge < -0.3 is 14.8 Å². The molecular weight excluding hydrogens is 492 g/mol. The number of imidazole rings is 1. The Morgan fingerprint density at radius 1 is 0.946 bits per heavy atom. The maximum absolute atomic E-state index is 13.7. The first-order chi connectivity index (χ1) is 18.0. The van der Waals surface area contributed by atoms with Gasteiger partial charge in [0.05, 0.1) is 35.7 Å². The van der Waals surface area contributed by atoms with E-state index >= 15 is 0 Å². The topological polar surface area (TPSA) is 87.4 Å². The number of anilines is 1. The van der Waals surface area contributed by atoms with Crippen molar-refractivity contribution in [1.82, 2.24) is 14.1 Å². The van der Waals surface area contributed by atoms with Crippen LogP contribution in [0.25, 0.3) is 22.4 Å². The van der Waals surface area contributed by atoms with Crippen molar-refractivity contribution >= 4 is 34.2 Å². The second kappa shape index (κ2) is 10.0. The van der Waals surface area contributed by atoms with Crippen molar-refractivity contribution in [3.63, 3.8) is 0 Å². The van der Waals surface area contributed by atoms with E-state index in [2.05, 4.69) is 16.9 Å². The van der Waals surface area contributed by atoms with E-state index < -0.39 is 0 Å². The minimum Gasteiger partial charge on any atom is -0.497 e. The maximum Gasteiger partial charge on any atom is 0.338 e. The summed E-state index contributed by atoms with van der Waals surface area (Å²) in [5.41, 5.74) is 2.78. The zero-order valence-electron chi connectivity index (χ0n) is 19.7. The normalized spacial score (nSPS) is 10.8. The molecule has 5 rings (SSSR count). The van der Waals surface area contributed by atoms with Crippen LogP contribution in [-0.2, 0) is 4.79 Å². The zero-order chi connectivity index (χ0) is 25.9. The lowest BCUT2D eigenvalue weighted by molar-refractivity contribution is -0.111. The van der Waals surface area contributed by atoms with Crippen molar-refractivity contribution in [1.29, 1.82) is 0 Å². The molecule has 8 nitrogen and oxygen atoms in total. The third-order valence-electron chi connectivity index (χ3n) is 5.61. The van der Waals surface area contributed by atoms with Gasteiger partial charge in [0.1, 0.15) is 17.2 Å². The van der Waals surface area contributed by atoms with Crippen LogP contribution < -0.4 is 20.5 Å². The Kier molecular flexibility index (Phi) is 6.49. The van der Waals surface area contributed by atoms with Gasteiger partial charge in [-0.25, -0.2) is 4.79 Å². The zero-order valence-corrected chi connectivity index (χ0v) is 20.5. The highest BCUT2D eigenvalue weighted by molar-refractivity contribution is 6.30. The van der Waals surface area contributed by atoms with E-state index in [1.807, 2.05) is 0 Å². The number of rotatable bonds is 7. The third kappa shape index (κ3) is 4.82. The largest absolute Gasteiger partial charge is 0.497 e. The fraction of sp³-hybridized carbons (Fsp3) is 0.0357. The summed E-state index contributed by atoms with van der Waals surface area (Å²) in [6.45, 7) is 3.47. The molecular formula is C28H21ClN4O4. The monoisotopic (exact) mass is 512 g/mol. The molecule has 0 bridgehead atoms. The van der Waals surface area contributed by atoms with Crippen LogP contribution in [0.5, 0.6) is 17.2 Å². The predicted octanol–water partition coefficient (Wildman–Crippen LogP) is 5.76. The number of carbonyl (C=O) groups is 1. The summed E-state index contributed by atoms with van der Waals surface area (Å²) in [5.74, 6) is 1.33. The van der Waals surface area contributed by atoms with E-state index in [0.29, 0.717) is 50.4 Å². The molecule has 0 saturated carbocycles. The van der Waals surface area contributed by atoms with Crippen molar-refractivity contribution in [3.05, 3.63) is 113 Å². The van der Waals surface area contributed by atoms with Crippen molar-refractivity contribution in [2.75, 3.05) is 12.4 Å². The maximum atomic E-state index is 13.7. The minimum absolute atomic E-state index is 0.288. The lowest BCUT2D eigenvalue weighted by atomic mass is 10.2. The number of ether oxygens (including phenoxy) is 2. The molecule has 2 heterocycles. The molecule has 0 fully saturated rings. The summed E-state index contributed by atoms with van der Waals surface area (Å²) in [5, 5.41) is 3.21. The Bertz CT molecular complexity index is 1690.